The number of aliphatic hydroxyl groups is 2. The highest BCUT2D eigenvalue weighted by molar-refractivity contribution is 7.86. The number of methoxy groups -OCH3 is 1. The van der Waals surface area contributed by atoms with Crippen LogP contribution in [0.5, 0.6) is 34.5 Å². The lowest BCUT2D eigenvalue weighted by Crippen LogP contribution is -2.23. The van der Waals surface area contributed by atoms with Crippen molar-refractivity contribution in [2.45, 2.75) is 49.9 Å². The van der Waals surface area contributed by atoms with E-state index in [1.165, 1.54) is 43.5 Å². The van der Waals surface area contributed by atoms with Gasteiger partial charge in [-0.3, -0.25) is 23.2 Å². The average molecular weight is 1960 g/mol. The van der Waals surface area contributed by atoms with Crippen LogP contribution >= 0.6 is 0 Å². The lowest BCUT2D eigenvalue weighted by molar-refractivity contribution is -0.282. The summed E-state index contributed by atoms with van der Waals surface area (Å²) in [6.45, 7) is 44.9. The number of carboxylic acids is 1. The second kappa shape index (κ2) is 54.1. The molecule has 714 valence electrons. The fraction of sp³-hybridized carbons (Fsp3) is 0.236. The maximum atomic E-state index is 12.8. The van der Waals surface area contributed by atoms with Gasteiger partial charge in [0.15, 0.2) is 12.0 Å². The number of carboxylic acid groups (broad SMARTS) is 1. The van der Waals surface area contributed by atoms with Crippen LogP contribution in [0.1, 0.15) is 104 Å². The van der Waals surface area contributed by atoms with E-state index in [0.29, 0.717) is 17.2 Å². The van der Waals surface area contributed by atoms with Gasteiger partial charge in [-0.1, -0.05) is 42.3 Å². The van der Waals surface area contributed by atoms with Crippen LogP contribution in [0, 0.1) is 121 Å². The van der Waals surface area contributed by atoms with Crippen molar-refractivity contribution in [3.63, 3.8) is 0 Å². The molecule has 0 unspecified atom stereocenters. The van der Waals surface area contributed by atoms with Crippen molar-refractivity contribution < 1.29 is 164 Å². The molecule has 0 saturated carbocycles. The van der Waals surface area contributed by atoms with E-state index in [9.17, 15) is 120 Å². The Morgan fingerprint density at radius 3 is 0.942 bits per heavy atom. The number of hydrogen-bond donors (Lipinski definition) is 6. The Balaban J connectivity index is 0.000000376. The molecular weight excluding hydrogens is 1890 g/mol. The highest BCUT2D eigenvalue weighted by Gasteiger charge is 2.27. The first kappa shape index (κ1) is 111. The lowest BCUT2D eigenvalue weighted by atomic mass is 10.0. The van der Waals surface area contributed by atoms with Crippen LogP contribution in [0.2, 0.25) is 0 Å². The van der Waals surface area contributed by atoms with E-state index in [-0.39, 0.29) is 135 Å². The Hall–Kier alpha value is -18.2. The molecular formula is C89H70N12O35S3. The Labute approximate surface area is 788 Å². The Kier molecular flexibility index (Phi) is 43.3. The van der Waals surface area contributed by atoms with Gasteiger partial charge in [0.2, 0.25) is 0 Å². The molecule has 0 amide bonds. The highest BCUT2D eigenvalue weighted by atomic mass is 32.2. The molecule has 0 heterocycles. The number of aromatic carboxylic acids is 1. The molecule has 139 heavy (non-hydrogen) atoms. The van der Waals surface area contributed by atoms with Crippen LogP contribution in [0.3, 0.4) is 0 Å². The number of rotatable bonds is 39. The average Bonchev–Trinajstić information content (AvgIpc) is 0.805. The number of aryl methyl sites for hydroxylation is 2. The molecule has 0 aliphatic rings. The van der Waals surface area contributed by atoms with Gasteiger partial charge in [0.05, 0.1) is 133 Å². The van der Waals surface area contributed by atoms with Crippen LogP contribution in [0.25, 0.3) is 63.3 Å². The smallest absolute Gasteiger partial charge is 0.339 e. The number of nitrogens with zero attached hydrogens (tertiary/aromatic N) is 12. The van der Waals surface area contributed by atoms with E-state index in [1.807, 2.05) is 6.92 Å². The third-order valence-corrected chi connectivity index (χ3v) is 19.6. The van der Waals surface area contributed by atoms with Gasteiger partial charge < -0.3 is 76.9 Å². The molecule has 0 radical (unpaired) electrons. The minimum absolute atomic E-state index is 0.0198. The summed E-state index contributed by atoms with van der Waals surface area (Å²) < 4.78 is 163. The SMILES string of the molecule is [C-]#[N+]/C(C#N)=c1/cc(OCCOC(=O)CS(=O)(=O)O)/c(=C(\C#N)[N+]#[C-])cc1OCCOC(=O)CC.[C-]#[N+]/C(C#N)=c1/cc(OCCOC(=O)c2ccc(S(=O)(=O)O)cc2C(=O)O)/c(=C(\C#N)[N+]#[C-])cc1OCCOC(=O)c1ccc(C)cc1C(O)O.[C-]#[N+]/C(C#N)=c1/cc(OCCOC(=O)c2ccc(S(=O)(=O)O)cc2C(=O)OC)/c(=C(\C#N)[N+]#[C-])cc1OCCOC(=O)c1ccc(C)cc1COOC. The van der Waals surface area contributed by atoms with Crippen LogP contribution in [0.15, 0.2) is 119 Å². The normalized spacial score (nSPS) is 11.8. The van der Waals surface area contributed by atoms with Crippen LogP contribution in [0.4, 0.5) is 0 Å². The molecule has 7 aromatic rings. The summed E-state index contributed by atoms with van der Waals surface area (Å²) in [5, 5.41) is 85.1. The molecule has 6 N–H and O–H groups in total. The minimum atomic E-state index is -4.78. The minimum Gasteiger partial charge on any atom is -0.491 e. The number of hydrogen-bond acceptors (Lipinski definition) is 37. The molecule has 7 rings (SSSR count). The number of aliphatic hydroxyl groups excluding tert-OH is 1. The molecule has 50 heteroatoms. The van der Waals surface area contributed by atoms with Crippen molar-refractivity contribution in [3.05, 3.63) is 265 Å². The number of nitriles is 6. The van der Waals surface area contributed by atoms with Crippen molar-refractivity contribution in [1.82, 2.24) is 0 Å². The summed E-state index contributed by atoms with van der Waals surface area (Å²) >= 11 is 0. The zero-order valence-electron chi connectivity index (χ0n) is 72.7. The molecule has 47 nitrogen and oxygen atoms in total. The van der Waals surface area contributed by atoms with Crippen molar-refractivity contribution in [1.29, 1.82) is 31.6 Å². The zero-order valence-corrected chi connectivity index (χ0v) is 75.1. The molecule has 0 spiro atoms. The van der Waals surface area contributed by atoms with Gasteiger partial charge in [-0.25, -0.2) is 99.2 Å². The Morgan fingerprint density at radius 2 is 0.655 bits per heavy atom. The summed E-state index contributed by atoms with van der Waals surface area (Å²) in [4.78, 5) is 124. The summed E-state index contributed by atoms with van der Waals surface area (Å²) in [6, 6.07) is 31.2. The van der Waals surface area contributed by atoms with E-state index in [4.69, 9.17) is 101 Å². The van der Waals surface area contributed by atoms with Crippen molar-refractivity contribution in [3.8, 4) is 70.9 Å². The number of carbonyl (C=O) groups is 8. The number of carbonyl (C=O) groups excluding carboxylic acids is 7. The van der Waals surface area contributed by atoms with Gasteiger partial charge in [-0.2, -0.15) is 25.3 Å². The van der Waals surface area contributed by atoms with Crippen LogP contribution < -0.4 is 59.7 Å². The first-order chi connectivity index (χ1) is 66.1. The maximum Gasteiger partial charge on any atom is 0.339 e. The van der Waals surface area contributed by atoms with Gasteiger partial charge in [0.25, 0.3) is 64.5 Å². The molecule has 0 bridgehead atoms. The first-order valence-electron chi connectivity index (χ1n) is 38.5. The second-order valence-electron chi connectivity index (χ2n) is 26.3. The fourth-order valence-electron chi connectivity index (χ4n) is 11.2. The zero-order chi connectivity index (χ0) is 103. The summed E-state index contributed by atoms with van der Waals surface area (Å²) in [5.74, 6) is -10.5. The molecule has 0 aliphatic carbocycles. The maximum absolute atomic E-state index is 12.8. The lowest BCUT2D eigenvalue weighted by Gasteiger charge is -2.14. The van der Waals surface area contributed by atoms with Gasteiger partial charge >= 0.3 is 47.8 Å². The fourth-order valence-corrected chi connectivity index (χ4v) is 12.6. The van der Waals surface area contributed by atoms with E-state index in [2.05, 4.69) is 43.4 Å². The predicted molar refractivity (Wildman–Crippen MR) is 466 cm³/mol. The molecule has 0 aliphatic heterocycles. The van der Waals surface area contributed by atoms with Crippen molar-refractivity contribution >= 4 is 112 Å². The Morgan fingerprint density at radius 1 is 0.367 bits per heavy atom. The summed E-state index contributed by atoms with van der Waals surface area (Å²) in [5.41, 5.74) is -2.89. The van der Waals surface area contributed by atoms with Crippen LogP contribution in [-0.2, 0) is 89.5 Å². The van der Waals surface area contributed by atoms with Gasteiger partial charge in [-0.15, -0.1) is 0 Å². The third-order valence-electron chi connectivity index (χ3n) is 17.3. The van der Waals surface area contributed by atoms with E-state index < -0.39 is 196 Å². The quantitative estimate of drug-likeness (QED) is 0.00461. The van der Waals surface area contributed by atoms with Crippen LogP contribution in [-0.4, -0.2) is 201 Å². The topological polar surface area (TPSA) is 668 Å². The second-order valence-corrected chi connectivity index (χ2v) is 30.6. The molecule has 0 aromatic heterocycles. The van der Waals surface area contributed by atoms with Crippen molar-refractivity contribution in [2.75, 3.05) is 99.3 Å². The summed E-state index contributed by atoms with van der Waals surface area (Å²) in [6.07, 6.45) is -1.79. The molecule has 7 aromatic carbocycles. The molecule has 0 fully saturated rings. The number of benzene rings is 7. The monoisotopic (exact) mass is 1960 g/mol. The van der Waals surface area contributed by atoms with E-state index >= 15 is 0 Å². The highest BCUT2D eigenvalue weighted by Crippen LogP contribution is 2.25. The summed E-state index contributed by atoms with van der Waals surface area (Å²) in [7, 11) is -11.8. The van der Waals surface area contributed by atoms with Crippen molar-refractivity contribution in [2.24, 2.45) is 0 Å². The molecule has 0 saturated heterocycles. The number of ether oxygens (including phenoxy) is 13. The van der Waals surface area contributed by atoms with Gasteiger partial charge in [0.1, 0.15) is 120 Å². The van der Waals surface area contributed by atoms with E-state index in [0.717, 1.165) is 55.1 Å². The standard InChI is InChI=1S/C35H28N4O13S.C33H24N4O13S.C21H18N4O9S/c1-21-6-8-24(22(14-21)20-52-47-5)34(41)50-12-10-48-31-16-28(30(19-37)39-3)32(17-27(31)29(18-36)38-2)49-11-13-51-35(42)25-9-7-23(53(43,44)45)15-26(25)33(40)46-4;1-18-4-6-20(22(12-18)30(38)39)32(42)49-10-8-47-28-14-25(27(17-35)37-3)29(15-24(28)26(16-34)36-2)48-9-11-50-33(43)21-7-5-19(51(44,45)46)13-23(21)31(40)41;1-4-20(26)33-7-5-31-18-9-15(17(12-23)25-3)19(10-14(18)16(11-22)24-2)32-6-8-34-21(27)13-35(28,29)30/h6-9,14-17H,10-13,20H2,1,4-5H3,(H,43,44,45);4-7,12-15,30,38-39H,8-11H2,1H3,(H,40,41)(H,44,45,46);9-10H,4-8,13H2,1H3,(H,28,29,30)/b29-27-,30-28+;26-24-,27-25+;16-14-,17-15+. The number of esters is 7. The van der Waals surface area contributed by atoms with E-state index in [1.54, 1.807) is 74.5 Å². The first-order valence-corrected chi connectivity index (χ1v) is 43.0. The third kappa shape index (κ3) is 32.9. The van der Waals surface area contributed by atoms with Gasteiger partial charge in [0, 0.05) is 43.3 Å². The molecule has 0 atom stereocenters. The largest absolute Gasteiger partial charge is 0.491 e. The predicted octanol–water partition coefficient (Wildman–Crippen LogP) is 4.11. The van der Waals surface area contributed by atoms with Gasteiger partial charge in [-0.05, 0) is 104 Å². The Bertz CT molecular complexity index is 7270.